The van der Waals surface area contributed by atoms with E-state index in [0.717, 1.165) is 5.56 Å². The molecule has 3 nitrogen and oxygen atoms in total. The van der Waals surface area contributed by atoms with Gasteiger partial charge in [-0.3, -0.25) is 0 Å². The van der Waals surface area contributed by atoms with E-state index in [9.17, 15) is 4.79 Å². The molecule has 1 aromatic rings. The molecule has 0 aliphatic heterocycles. The van der Waals surface area contributed by atoms with Crippen LogP contribution in [0.4, 0.5) is 4.79 Å². The third kappa shape index (κ3) is 2.71. The lowest BCUT2D eigenvalue weighted by molar-refractivity contribution is 0.247. The van der Waals surface area contributed by atoms with E-state index in [2.05, 4.69) is 5.32 Å². The summed E-state index contributed by atoms with van der Waals surface area (Å²) in [6.07, 6.45) is 0. The second-order valence-electron chi connectivity index (χ2n) is 2.17. The molecule has 0 bridgehead atoms. The standard InChI is InChI=1S/C8H9N2O/c9-8(11)10-6-7-4-2-1-3-5-7/h1-5,9H,6H2,(H,10,11). The zero-order valence-electron chi connectivity index (χ0n) is 6.00. The molecule has 11 heavy (non-hydrogen) atoms. The fraction of sp³-hybridized carbons (Fsp3) is 0.125. The van der Waals surface area contributed by atoms with Gasteiger partial charge >= 0.3 is 6.03 Å². The lowest BCUT2D eigenvalue weighted by Crippen LogP contribution is -2.21. The molecule has 57 valence electrons. The van der Waals surface area contributed by atoms with E-state index in [1.54, 1.807) is 0 Å². The third-order valence-electron chi connectivity index (χ3n) is 1.30. The normalized spacial score (nSPS) is 9.09. The maximum absolute atomic E-state index is 10.2. The molecule has 0 atom stereocenters. The molecular formula is C8H9N2O. The van der Waals surface area contributed by atoms with Gasteiger partial charge in [-0.05, 0) is 5.56 Å². The molecule has 3 heteroatoms. The topological polar surface area (TPSA) is 52.9 Å². The number of carbonyl (C=O) groups excluding carboxylic acids is 1. The van der Waals surface area contributed by atoms with Crippen LogP contribution in [0.2, 0.25) is 0 Å². The number of carbonyl (C=O) groups is 1. The number of hydrogen-bond acceptors (Lipinski definition) is 1. The molecular weight excluding hydrogens is 140 g/mol. The van der Waals surface area contributed by atoms with E-state index in [-0.39, 0.29) is 0 Å². The zero-order chi connectivity index (χ0) is 8.10. The zero-order valence-corrected chi connectivity index (χ0v) is 6.00. The van der Waals surface area contributed by atoms with Gasteiger partial charge in [-0.15, -0.1) is 0 Å². The lowest BCUT2D eigenvalue weighted by Gasteiger charge is -1.99. The van der Waals surface area contributed by atoms with Crippen LogP contribution >= 0.6 is 0 Å². The smallest absolute Gasteiger partial charge is 0.333 e. The molecule has 0 saturated carbocycles. The van der Waals surface area contributed by atoms with Crippen molar-refractivity contribution in [1.29, 1.82) is 0 Å². The molecule has 1 aromatic carbocycles. The Morgan fingerprint density at radius 2 is 2.00 bits per heavy atom. The third-order valence-corrected chi connectivity index (χ3v) is 1.30. The van der Waals surface area contributed by atoms with Crippen molar-refractivity contribution < 1.29 is 4.79 Å². The summed E-state index contributed by atoms with van der Waals surface area (Å²) in [6.45, 7) is 0.434. The molecule has 0 aromatic heterocycles. The van der Waals surface area contributed by atoms with Crippen LogP contribution < -0.4 is 11.1 Å². The fourth-order valence-electron chi connectivity index (χ4n) is 0.778. The maximum atomic E-state index is 10.2. The largest absolute Gasteiger partial charge is 0.333 e. The van der Waals surface area contributed by atoms with Crippen molar-refractivity contribution in [3.05, 3.63) is 35.9 Å². The van der Waals surface area contributed by atoms with Crippen molar-refractivity contribution in [3.63, 3.8) is 0 Å². The van der Waals surface area contributed by atoms with E-state index in [1.807, 2.05) is 30.3 Å². The Balaban J connectivity index is 2.45. The molecule has 0 aliphatic rings. The summed E-state index contributed by atoms with van der Waals surface area (Å²) in [5.74, 6) is 0. The highest BCUT2D eigenvalue weighted by Gasteiger charge is 1.92. The molecule has 2 amide bonds. The minimum atomic E-state index is -0.742. The maximum Gasteiger partial charge on any atom is 0.333 e. The Morgan fingerprint density at radius 3 is 2.55 bits per heavy atom. The summed E-state index contributed by atoms with van der Waals surface area (Å²) >= 11 is 0. The highest BCUT2D eigenvalue weighted by atomic mass is 16.2. The summed E-state index contributed by atoms with van der Waals surface area (Å²) in [5, 5.41) is 2.39. The van der Waals surface area contributed by atoms with E-state index in [0.29, 0.717) is 6.54 Å². The Labute approximate surface area is 65.2 Å². The van der Waals surface area contributed by atoms with E-state index in [1.165, 1.54) is 0 Å². The van der Waals surface area contributed by atoms with Crippen molar-refractivity contribution in [2.24, 2.45) is 0 Å². The van der Waals surface area contributed by atoms with Crippen molar-refractivity contribution in [2.75, 3.05) is 0 Å². The Morgan fingerprint density at radius 1 is 1.36 bits per heavy atom. The van der Waals surface area contributed by atoms with E-state index < -0.39 is 6.03 Å². The van der Waals surface area contributed by atoms with Crippen LogP contribution in [-0.4, -0.2) is 6.03 Å². The molecule has 0 aliphatic carbocycles. The molecule has 1 radical (unpaired) electrons. The Bertz CT molecular complexity index is 233. The SMILES string of the molecule is [NH]C(=O)NCc1ccccc1. The quantitative estimate of drug-likeness (QED) is 0.674. The van der Waals surface area contributed by atoms with Crippen LogP contribution in [0.5, 0.6) is 0 Å². The van der Waals surface area contributed by atoms with Crippen LogP contribution in [-0.2, 0) is 6.54 Å². The summed E-state index contributed by atoms with van der Waals surface area (Å²) in [4.78, 5) is 10.2. The van der Waals surface area contributed by atoms with Gasteiger partial charge in [-0.1, -0.05) is 30.3 Å². The monoisotopic (exact) mass is 149 g/mol. The fourth-order valence-corrected chi connectivity index (χ4v) is 0.778. The van der Waals surface area contributed by atoms with Gasteiger partial charge < -0.3 is 5.32 Å². The van der Waals surface area contributed by atoms with Crippen LogP contribution in [0.3, 0.4) is 0 Å². The van der Waals surface area contributed by atoms with Crippen LogP contribution in [0, 0.1) is 0 Å². The molecule has 1 rings (SSSR count). The molecule has 0 saturated heterocycles. The predicted molar refractivity (Wildman–Crippen MR) is 41.8 cm³/mol. The average Bonchev–Trinajstić information content (AvgIpc) is 2.03. The van der Waals surface area contributed by atoms with Gasteiger partial charge in [-0.2, -0.15) is 0 Å². The summed E-state index contributed by atoms with van der Waals surface area (Å²) in [5.41, 5.74) is 7.58. The van der Waals surface area contributed by atoms with Crippen LogP contribution in [0.25, 0.3) is 0 Å². The summed E-state index contributed by atoms with van der Waals surface area (Å²) in [6, 6.07) is 8.75. The second-order valence-corrected chi connectivity index (χ2v) is 2.17. The highest BCUT2D eigenvalue weighted by Crippen LogP contribution is 1.96. The first-order valence-electron chi connectivity index (χ1n) is 3.32. The molecule has 0 fully saturated rings. The number of hydrogen-bond donors (Lipinski definition) is 1. The van der Waals surface area contributed by atoms with E-state index >= 15 is 0 Å². The Kier molecular flexibility index (Phi) is 2.49. The molecule has 0 unspecified atom stereocenters. The van der Waals surface area contributed by atoms with Crippen molar-refractivity contribution in [3.8, 4) is 0 Å². The van der Waals surface area contributed by atoms with Crippen LogP contribution in [0.15, 0.2) is 30.3 Å². The average molecular weight is 149 g/mol. The first kappa shape index (κ1) is 7.60. The van der Waals surface area contributed by atoms with E-state index in [4.69, 9.17) is 5.73 Å². The molecule has 0 heterocycles. The number of urea groups is 1. The number of amides is 2. The number of benzene rings is 1. The predicted octanol–water partition coefficient (Wildman–Crippen LogP) is 1.18. The van der Waals surface area contributed by atoms with Crippen molar-refractivity contribution in [2.45, 2.75) is 6.54 Å². The minimum Gasteiger partial charge on any atom is -0.333 e. The first-order valence-corrected chi connectivity index (χ1v) is 3.32. The molecule has 2 N–H and O–H groups in total. The summed E-state index contributed by atoms with van der Waals surface area (Å²) < 4.78 is 0. The van der Waals surface area contributed by atoms with Gasteiger partial charge in [-0.25, -0.2) is 10.5 Å². The first-order chi connectivity index (χ1) is 5.29. The highest BCUT2D eigenvalue weighted by molar-refractivity contribution is 5.70. The molecule has 0 spiro atoms. The van der Waals surface area contributed by atoms with Gasteiger partial charge in [0, 0.05) is 6.54 Å². The number of nitrogens with one attached hydrogen (secondary N) is 2. The second kappa shape index (κ2) is 3.61. The number of rotatable bonds is 2. The Hall–Kier alpha value is -1.51. The van der Waals surface area contributed by atoms with Crippen molar-refractivity contribution >= 4 is 6.03 Å². The van der Waals surface area contributed by atoms with Crippen molar-refractivity contribution in [1.82, 2.24) is 11.1 Å². The van der Waals surface area contributed by atoms with Gasteiger partial charge in [0.1, 0.15) is 0 Å². The van der Waals surface area contributed by atoms with Gasteiger partial charge in [0.25, 0.3) is 0 Å². The lowest BCUT2D eigenvalue weighted by atomic mass is 10.2. The van der Waals surface area contributed by atoms with Gasteiger partial charge in [0.15, 0.2) is 0 Å². The van der Waals surface area contributed by atoms with Gasteiger partial charge in [0.2, 0.25) is 0 Å². The van der Waals surface area contributed by atoms with Crippen LogP contribution in [0.1, 0.15) is 5.56 Å². The summed E-state index contributed by atoms with van der Waals surface area (Å²) in [7, 11) is 0. The van der Waals surface area contributed by atoms with Gasteiger partial charge in [0.05, 0.1) is 0 Å². The minimum absolute atomic E-state index is 0.434.